The number of nitrogens with two attached hydrogens (primary N) is 1. The van der Waals surface area contributed by atoms with Crippen molar-refractivity contribution < 1.29 is 14.3 Å². The van der Waals surface area contributed by atoms with Crippen LogP contribution < -0.4 is 5.73 Å². The number of hydrogen-bond acceptors (Lipinski definition) is 5. The van der Waals surface area contributed by atoms with E-state index in [9.17, 15) is 9.59 Å². The highest BCUT2D eigenvalue weighted by Gasteiger charge is 2.23. The van der Waals surface area contributed by atoms with Crippen molar-refractivity contribution >= 4 is 23.6 Å². The maximum atomic E-state index is 12.0. The van der Waals surface area contributed by atoms with E-state index >= 15 is 0 Å². The molecule has 5 nitrogen and oxygen atoms in total. The van der Waals surface area contributed by atoms with Gasteiger partial charge in [0.1, 0.15) is 6.04 Å². The van der Waals surface area contributed by atoms with Crippen LogP contribution in [0.15, 0.2) is 0 Å². The fraction of sp³-hybridized carbons (Fsp3) is 0.846. The van der Waals surface area contributed by atoms with Crippen molar-refractivity contribution in [3.05, 3.63) is 0 Å². The van der Waals surface area contributed by atoms with Gasteiger partial charge in [-0.2, -0.15) is 0 Å². The van der Waals surface area contributed by atoms with Crippen molar-refractivity contribution in [3.63, 3.8) is 0 Å². The summed E-state index contributed by atoms with van der Waals surface area (Å²) < 4.78 is 4.84. The molecule has 0 radical (unpaired) electrons. The van der Waals surface area contributed by atoms with E-state index in [4.69, 9.17) is 10.5 Å². The minimum Gasteiger partial charge on any atom is -0.465 e. The highest BCUT2D eigenvalue weighted by atomic mass is 32.2. The Bertz CT molecular complexity index is 306. The Morgan fingerprint density at radius 1 is 1.37 bits per heavy atom. The van der Waals surface area contributed by atoms with E-state index in [0.29, 0.717) is 18.8 Å². The van der Waals surface area contributed by atoms with Crippen molar-refractivity contribution in [1.29, 1.82) is 0 Å². The van der Waals surface area contributed by atoms with Gasteiger partial charge < -0.3 is 15.4 Å². The summed E-state index contributed by atoms with van der Waals surface area (Å²) in [6.45, 7) is 5.79. The van der Waals surface area contributed by atoms with E-state index in [1.54, 1.807) is 18.7 Å². The van der Waals surface area contributed by atoms with Gasteiger partial charge >= 0.3 is 5.97 Å². The monoisotopic (exact) mass is 288 g/mol. The summed E-state index contributed by atoms with van der Waals surface area (Å²) in [5, 5.41) is -0.0625. The number of amides is 1. The van der Waals surface area contributed by atoms with Crippen molar-refractivity contribution in [2.24, 2.45) is 5.73 Å². The number of thioether (sulfide) groups is 1. The van der Waals surface area contributed by atoms with Gasteiger partial charge in [0.05, 0.1) is 11.9 Å². The summed E-state index contributed by atoms with van der Waals surface area (Å²) in [6.07, 6.45) is 2.76. The lowest BCUT2D eigenvalue weighted by molar-refractivity contribution is -0.144. The molecule has 2 N–H and O–H groups in total. The summed E-state index contributed by atoms with van der Waals surface area (Å²) in [5.74, 6) is 0.537. The third-order valence-electron chi connectivity index (χ3n) is 3.15. The molecule has 1 rings (SSSR count). The highest BCUT2D eigenvalue weighted by molar-refractivity contribution is 8.00. The molecule has 110 valence electrons. The average Bonchev–Trinajstić information content (AvgIpc) is 2.91. The molecule has 0 aliphatic carbocycles. The first-order valence-corrected chi connectivity index (χ1v) is 7.93. The Labute approximate surface area is 119 Å². The summed E-state index contributed by atoms with van der Waals surface area (Å²) in [6, 6.07) is -0.582. The minimum atomic E-state index is -0.582. The number of esters is 1. The van der Waals surface area contributed by atoms with Crippen LogP contribution in [-0.4, -0.2) is 53.5 Å². The number of rotatable bonds is 7. The van der Waals surface area contributed by atoms with Crippen molar-refractivity contribution in [2.45, 2.75) is 44.4 Å². The van der Waals surface area contributed by atoms with Gasteiger partial charge in [-0.05, 0) is 38.9 Å². The highest BCUT2D eigenvalue weighted by Crippen LogP contribution is 2.18. The Morgan fingerprint density at radius 3 is 2.58 bits per heavy atom. The predicted molar refractivity (Wildman–Crippen MR) is 77.0 cm³/mol. The van der Waals surface area contributed by atoms with Crippen molar-refractivity contribution in [3.8, 4) is 0 Å². The second kappa shape index (κ2) is 8.43. The molecular weight excluding hydrogens is 264 g/mol. The van der Waals surface area contributed by atoms with Crippen LogP contribution in [0.2, 0.25) is 0 Å². The quantitative estimate of drug-likeness (QED) is 0.708. The second-order valence-corrected chi connectivity index (χ2v) is 6.14. The van der Waals surface area contributed by atoms with Crippen LogP contribution in [0.5, 0.6) is 0 Å². The molecule has 6 heteroatoms. The van der Waals surface area contributed by atoms with E-state index in [0.717, 1.165) is 25.9 Å². The van der Waals surface area contributed by atoms with Crippen LogP contribution in [0.3, 0.4) is 0 Å². The molecule has 1 aliphatic heterocycles. The molecule has 2 atom stereocenters. The van der Waals surface area contributed by atoms with E-state index in [1.807, 2.05) is 11.8 Å². The van der Waals surface area contributed by atoms with Crippen molar-refractivity contribution in [2.75, 3.05) is 25.4 Å². The average molecular weight is 288 g/mol. The van der Waals surface area contributed by atoms with Gasteiger partial charge in [0.25, 0.3) is 0 Å². The fourth-order valence-electron chi connectivity index (χ4n) is 2.00. The smallest absolute Gasteiger partial charge is 0.322 e. The van der Waals surface area contributed by atoms with Crippen LogP contribution in [0.1, 0.15) is 33.1 Å². The fourth-order valence-corrected chi connectivity index (χ4v) is 3.04. The normalized spacial score (nSPS) is 18.2. The third kappa shape index (κ3) is 5.40. The zero-order valence-corrected chi connectivity index (χ0v) is 12.6. The first-order valence-electron chi connectivity index (χ1n) is 6.88. The first-order chi connectivity index (χ1) is 9.06. The molecule has 2 unspecified atom stereocenters. The van der Waals surface area contributed by atoms with Gasteiger partial charge in [0, 0.05) is 13.1 Å². The van der Waals surface area contributed by atoms with Gasteiger partial charge in [-0.3, -0.25) is 9.59 Å². The van der Waals surface area contributed by atoms with Crippen LogP contribution in [0.4, 0.5) is 0 Å². The largest absolute Gasteiger partial charge is 0.465 e. The van der Waals surface area contributed by atoms with Gasteiger partial charge in [-0.25, -0.2) is 0 Å². The maximum Gasteiger partial charge on any atom is 0.322 e. The van der Waals surface area contributed by atoms with E-state index in [-0.39, 0.29) is 17.1 Å². The molecule has 1 saturated heterocycles. The number of likely N-dealkylation sites (tertiary alicyclic amines) is 1. The molecule has 1 amide bonds. The van der Waals surface area contributed by atoms with E-state index < -0.39 is 6.04 Å². The van der Waals surface area contributed by atoms with E-state index in [1.165, 1.54) is 0 Å². The Morgan fingerprint density at radius 2 is 2.00 bits per heavy atom. The number of hydrogen-bond donors (Lipinski definition) is 1. The van der Waals surface area contributed by atoms with Gasteiger partial charge in [0.15, 0.2) is 0 Å². The Kier molecular flexibility index (Phi) is 7.23. The zero-order valence-electron chi connectivity index (χ0n) is 11.8. The molecule has 0 aromatic rings. The number of ether oxygens (including phenoxy) is 1. The minimum absolute atomic E-state index is 0.0625. The number of carbonyl (C=O) groups is 2. The Hall–Kier alpha value is -0.750. The van der Waals surface area contributed by atoms with Gasteiger partial charge in [-0.15, -0.1) is 11.8 Å². The zero-order chi connectivity index (χ0) is 14.3. The molecule has 0 aromatic carbocycles. The number of carbonyl (C=O) groups excluding carboxylic acids is 2. The molecule has 19 heavy (non-hydrogen) atoms. The SMILES string of the molecule is CCOC(=O)C(N)CCSC(C)C(=O)N1CCCC1. The predicted octanol–water partition coefficient (Wildman–Crippen LogP) is 1.01. The Balaban J connectivity index is 2.20. The van der Waals surface area contributed by atoms with E-state index in [2.05, 4.69) is 0 Å². The van der Waals surface area contributed by atoms with Crippen LogP contribution in [-0.2, 0) is 14.3 Å². The molecule has 0 spiro atoms. The van der Waals surface area contributed by atoms with Crippen LogP contribution in [0.25, 0.3) is 0 Å². The summed E-state index contributed by atoms with van der Waals surface area (Å²) in [7, 11) is 0. The van der Waals surface area contributed by atoms with Crippen molar-refractivity contribution in [1.82, 2.24) is 4.90 Å². The topological polar surface area (TPSA) is 72.6 Å². The van der Waals surface area contributed by atoms with Crippen LogP contribution in [0, 0.1) is 0 Å². The summed E-state index contributed by atoms with van der Waals surface area (Å²) >= 11 is 1.56. The molecule has 1 aliphatic rings. The van der Waals surface area contributed by atoms with Gasteiger partial charge in [-0.1, -0.05) is 0 Å². The summed E-state index contributed by atoms with van der Waals surface area (Å²) in [4.78, 5) is 25.3. The van der Waals surface area contributed by atoms with Crippen LogP contribution >= 0.6 is 11.8 Å². The molecule has 1 heterocycles. The third-order valence-corrected chi connectivity index (χ3v) is 4.32. The molecule has 0 saturated carbocycles. The standard InChI is InChI=1S/C13H24N2O3S/c1-3-18-13(17)11(14)6-9-19-10(2)12(16)15-7-4-5-8-15/h10-11H,3-9,14H2,1-2H3. The summed E-state index contributed by atoms with van der Waals surface area (Å²) in [5.41, 5.74) is 5.70. The molecule has 0 bridgehead atoms. The lowest BCUT2D eigenvalue weighted by Gasteiger charge is -2.20. The maximum absolute atomic E-state index is 12.0. The number of nitrogens with zero attached hydrogens (tertiary/aromatic N) is 1. The lowest BCUT2D eigenvalue weighted by atomic mass is 10.2. The van der Waals surface area contributed by atoms with Gasteiger partial charge in [0.2, 0.25) is 5.91 Å². The molecular formula is C13H24N2O3S. The second-order valence-electron chi connectivity index (χ2n) is 4.69. The molecule has 0 aromatic heterocycles. The molecule has 1 fully saturated rings. The first kappa shape index (κ1) is 16.3. The lowest BCUT2D eigenvalue weighted by Crippen LogP contribution is -2.35.